The van der Waals surface area contributed by atoms with Gasteiger partial charge in [0.05, 0.1) is 16.5 Å². The van der Waals surface area contributed by atoms with Crippen molar-refractivity contribution in [2.24, 2.45) is 0 Å². The first-order valence-corrected chi connectivity index (χ1v) is 9.48. The van der Waals surface area contributed by atoms with Crippen molar-refractivity contribution in [1.82, 2.24) is 14.6 Å². The Balaban J connectivity index is 1.78. The highest BCUT2D eigenvalue weighted by Gasteiger charge is 2.31. The van der Waals surface area contributed by atoms with Crippen molar-refractivity contribution in [1.29, 1.82) is 0 Å². The third-order valence-electron chi connectivity index (χ3n) is 3.73. The average molecular weight is 459 g/mol. The Labute approximate surface area is 165 Å². The van der Waals surface area contributed by atoms with E-state index in [1.807, 2.05) is 19.1 Å². The Morgan fingerprint density at radius 3 is 2.67 bits per heavy atom. The van der Waals surface area contributed by atoms with Crippen LogP contribution in [0.3, 0.4) is 0 Å². The molecule has 2 aromatic heterocycles. The van der Waals surface area contributed by atoms with Crippen LogP contribution in [0.2, 0.25) is 0 Å². The molecule has 0 bridgehead atoms. The van der Waals surface area contributed by atoms with Crippen LogP contribution in [-0.4, -0.2) is 25.8 Å². The van der Waals surface area contributed by atoms with Gasteiger partial charge >= 0.3 is 6.18 Å². The lowest BCUT2D eigenvalue weighted by Gasteiger charge is -2.13. The summed E-state index contributed by atoms with van der Waals surface area (Å²) in [4.78, 5) is 12.4. The third-order valence-corrected chi connectivity index (χ3v) is 5.45. The van der Waals surface area contributed by atoms with Crippen LogP contribution in [-0.2, 0) is 11.0 Å². The first kappa shape index (κ1) is 19.7. The molecule has 2 heterocycles. The van der Waals surface area contributed by atoms with Crippen molar-refractivity contribution in [3.05, 3.63) is 52.1 Å². The molecule has 0 aliphatic carbocycles. The highest BCUT2D eigenvalue weighted by Crippen LogP contribution is 2.31. The number of carbonyl (C=O) groups excluding carboxylic acids is 1. The number of benzene rings is 1. The summed E-state index contributed by atoms with van der Waals surface area (Å²) in [5, 5.41) is 10.1. The van der Waals surface area contributed by atoms with E-state index in [0.29, 0.717) is 5.69 Å². The molecule has 3 rings (SSSR count). The fourth-order valence-corrected chi connectivity index (χ4v) is 3.71. The quantitative estimate of drug-likeness (QED) is 0.562. The summed E-state index contributed by atoms with van der Waals surface area (Å²) in [6.45, 7) is 3.58. The van der Waals surface area contributed by atoms with Gasteiger partial charge in [-0.1, -0.05) is 17.8 Å². The molecule has 0 saturated carbocycles. The number of carbonyl (C=O) groups is 1. The molecule has 0 fully saturated rings. The molecular formula is C17H14BrF3N4OS. The molecular weight excluding hydrogens is 445 g/mol. The molecule has 1 atom stereocenters. The Morgan fingerprint density at radius 1 is 1.26 bits per heavy atom. The summed E-state index contributed by atoms with van der Waals surface area (Å²) in [5.41, 5.74) is 1.12. The van der Waals surface area contributed by atoms with Crippen molar-refractivity contribution >= 4 is 44.9 Å². The number of hydrogen-bond acceptors (Lipinski definition) is 4. The van der Waals surface area contributed by atoms with E-state index in [-0.39, 0.29) is 16.7 Å². The topological polar surface area (TPSA) is 59.3 Å². The van der Waals surface area contributed by atoms with E-state index < -0.39 is 17.0 Å². The number of hydrogen-bond donors (Lipinski definition) is 1. The second kappa shape index (κ2) is 7.51. The molecule has 0 spiro atoms. The zero-order valence-electron chi connectivity index (χ0n) is 14.2. The molecule has 0 aliphatic heterocycles. The van der Waals surface area contributed by atoms with Crippen LogP contribution in [0, 0.1) is 6.92 Å². The predicted octanol–water partition coefficient (Wildman–Crippen LogP) is 4.94. The van der Waals surface area contributed by atoms with Crippen LogP contribution in [0.15, 0.2) is 46.2 Å². The van der Waals surface area contributed by atoms with Gasteiger partial charge in [0.1, 0.15) is 0 Å². The number of fused-ring (bicyclic) bond motifs is 1. The molecule has 1 aromatic carbocycles. The molecule has 142 valence electrons. The number of anilines is 1. The molecule has 1 unspecified atom stereocenters. The summed E-state index contributed by atoms with van der Waals surface area (Å²) in [6.07, 6.45) is -3.54. The van der Waals surface area contributed by atoms with Gasteiger partial charge in [0.25, 0.3) is 0 Å². The van der Waals surface area contributed by atoms with E-state index in [0.717, 1.165) is 34.1 Å². The maximum absolute atomic E-state index is 12.9. The number of pyridine rings is 1. The summed E-state index contributed by atoms with van der Waals surface area (Å²) in [6, 6.07) is 7.70. The normalized spacial score (nSPS) is 13.0. The largest absolute Gasteiger partial charge is 0.417 e. The van der Waals surface area contributed by atoms with Crippen molar-refractivity contribution in [3.8, 4) is 0 Å². The highest BCUT2D eigenvalue weighted by molar-refractivity contribution is 9.10. The predicted molar refractivity (Wildman–Crippen MR) is 101 cm³/mol. The number of halogens is 4. The number of aryl methyl sites for hydroxylation is 1. The van der Waals surface area contributed by atoms with E-state index in [9.17, 15) is 18.0 Å². The minimum absolute atomic E-state index is 0.210. The molecule has 0 saturated heterocycles. The van der Waals surface area contributed by atoms with E-state index in [4.69, 9.17) is 0 Å². The molecule has 3 aromatic rings. The molecule has 0 aliphatic rings. The fraction of sp³-hybridized carbons (Fsp3) is 0.235. The number of alkyl halides is 3. The molecule has 27 heavy (non-hydrogen) atoms. The highest BCUT2D eigenvalue weighted by atomic mass is 79.9. The zero-order valence-corrected chi connectivity index (χ0v) is 16.6. The first-order chi connectivity index (χ1) is 12.6. The standard InChI is InChI=1S/C17H14BrF3N4OS/c1-9-3-5-13(12(18)7-9)22-15(26)10(2)27-16-24-23-14-6-4-11(8-25(14)16)17(19,20)21/h3-8,10H,1-2H3,(H,22,26). The van der Waals surface area contributed by atoms with Gasteiger partial charge in [-0.05, 0) is 59.6 Å². The molecule has 1 N–H and O–H groups in total. The second-order valence-electron chi connectivity index (χ2n) is 5.86. The van der Waals surface area contributed by atoms with Crippen LogP contribution in [0.4, 0.5) is 18.9 Å². The van der Waals surface area contributed by atoms with Crippen molar-refractivity contribution in [2.45, 2.75) is 30.4 Å². The van der Waals surface area contributed by atoms with Gasteiger partial charge in [-0.3, -0.25) is 9.20 Å². The smallest absolute Gasteiger partial charge is 0.324 e. The average Bonchev–Trinajstić information content (AvgIpc) is 2.98. The van der Waals surface area contributed by atoms with Gasteiger partial charge in [-0.2, -0.15) is 13.2 Å². The number of nitrogens with zero attached hydrogens (tertiary/aromatic N) is 3. The van der Waals surface area contributed by atoms with Crippen molar-refractivity contribution in [3.63, 3.8) is 0 Å². The van der Waals surface area contributed by atoms with Crippen molar-refractivity contribution < 1.29 is 18.0 Å². The van der Waals surface area contributed by atoms with E-state index in [2.05, 4.69) is 31.4 Å². The minimum Gasteiger partial charge on any atom is -0.324 e. The second-order valence-corrected chi connectivity index (χ2v) is 8.02. The Hall–Kier alpha value is -2.07. The number of rotatable bonds is 4. The Kier molecular flexibility index (Phi) is 5.48. The van der Waals surface area contributed by atoms with E-state index in [1.165, 1.54) is 10.5 Å². The Bertz CT molecular complexity index is 1010. The number of aromatic nitrogens is 3. The lowest BCUT2D eigenvalue weighted by atomic mass is 10.2. The maximum atomic E-state index is 12.9. The van der Waals surface area contributed by atoms with Gasteiger partial charge in [0, 0.05) is 10.7 Å². The van der Waals surface area contributed by atoms with Gasteiger partial charge in [-0.15, -0.1) is 10.2 Å². The first-order valence-electron chi connectivity index (χ1n) is 7.81. The Morgan fingerprint density at radius 2 is 2.00 bits per heavy atom. The SMILES string of the molecule is Cc1ccc(NC(=O)C(C)Sc2nnc3ccc(C(F)(F)F)cn23)c(Br)c1. The van der Waals surface area contributed by atoms with Gasteiger partial charge in [0.15, 0.2) is 10.8 Å². The van der Waals surface area contributed by atoms with Crippen LogP contribution >= 0.6 is 27.7 Å². The molecule has 5 nitrogen and oxygen atoms in total. The van der Waals surface area contributed by atoms with Gasteiger partial charge in [0.2, 0.25) is 5.91 Å². The maximum Gasteiger partial charge on any atom is 0.417 e. The van der Waals surface area contributed by atoms with E-state index in [1.54, 1.807) is 13.0 Å². The van der Waals surface area contributed by atoms with Crippen LogP contribution in [0.25, 0.3) is 5.65 Å². The third kappa shape index (κ3) is 4.44. The monoisotopic (exact) mass is 458 g/mol. The minimum atomic E-state index is -4.47. The van der Waals surface area contributed by atoms with Crippen molar-refractivity contribution in [2.75, 3.05) is 5.32 Å². The summed E-state index contributed by atoms with van der Waals surface area (Å²) in [5.74, 6) is -0.298. The molecule has 1 amide bonds. The number of nitrogens with one attached hydrogen (secondary N) is 1. The van der Waals surface area contributed by atoms with Crippen LogP contribution in [0.5, 0.6) is 0 Å². The van der Waals surface area contributed by atoms with E-state index >= 15 is 0 Å². The summed E-state index contributed by atoms with van der Waals surface area (Å²) in [7, 11) is 0. The molecule has 10 heteroatoms. The zero-order chi connectivity index (χ0) is 19.8. The summed E-state index contributed by atoms with van der Waals surface area (Å²) >= 11 is 4.42. The van der Waals surface area contributed by atoms with Crippen LogP contribution < -0.4 is 5.32 Å². The lowest BCUT2D eigenvalue weighted by molar-refractivity contribution is -0.137. The lowest BCUT2D eigenvalue weighted by Crippen LogP contribution is -2.23. The van der Waals surface area contributed by atoms with Gasteiger partial charge < -0.3 is 5.32 Å². The number of thioether (sulfide) groups is 1. The molecule has 0 radical (unpaired) electrons. The fourth-order valence-electron chi connectivity index (χ4n) is 2.29. The number of amides is 1. The van der Waals surface area contributed by atoms with Crippen LogP contribution in [0.1, 0.15) is 18.1 Å². The van der Waals surface area contributed by atoms with Gasteiger partial charge in [-0.25, -0.2) is 0 Å². The summed E-state index contributed by atoms with van der Waals surface area (Å²) < 4.78 is 40.8.